The molecule has 0 heterocycles. The average molecular weight is 67.0 g/mol. The Bertz CT molecular complexity index is 13.5. The zero-order valence-electron chi connectivity index (χ0n) is 1.72. The molecule has 0 bridgehead atoms. The predicted molar refractivity (Wildman–Crippen MR) is 10.2 cm³/mol. The van der Waals surface area contributed by atoms with Crippen LogP contribution in [0.25, 0.3) is 0 Å². The molecule has 1 N–H and O–H groups in total. The highest BCUT2D eigenvalue weighted by Crippen LogP contribution is 0.618. The van der Waals surface area contributed by atoms with Gasteiger partial charge in [0.1, 0.15) is 0 Å². The van der Waals surface area contributed by atoms with Crippen LogP contribution < -0.4 is 5.34 Å². The molecule has 0 atom stereocenters. The molecule has 3 nitrogen and oxygen atoms in total. The van der Waals surface area contributed by atoms with Gasteiger partial charge in [0.25, 0.3) is 0 Å². The molecule has 4 heavy (non-hydrogen) atoms. The van der Waals surface area contributed by atoms with Crippen molar-refractivity contribution < 1.29 is 10.0 Å². The fourth-order valence-electron chi connectivity index (χ4n) is 0. The maximum Gasteiger partial charge on any atom is 0.00366 e. The van der Waals surface area contributed by atoms with E-state index in [2.05, 4.69) is 0 Å². The van der Waals surface area contributed by atoms with Gasteiger partial charge in [-0.2, -0.15) is 0 Å². The lowest BCUT2D eigenvalue weighted by atomic mass is 13.4. The predicted octanol–water partition coefficient (Wildman–Crippen LogP) is -1.52. The van der Waals surface area contributed by atoms with E-state index in [4.69, 9.17) is 10.1 Å². The maximum absolute atomic E-state index is 8.12. The summed E-state index contributed by atoms with van der Waals surface area (Å²) in [6.45, 7) is 0. The van der Waals surface area contributed by atoms with Gasteiger partial charge >= 0.3 is 0 Å². The van der Waals surface area contributed by atoms with Crippen LogP contribution in [0.4, 0.5) is 4.70 Å². The number of hydrogen-bond acceptors (Lipinski definition) is 2. The van der Waals surface area contributed by atoms with Crippen LogP contribution in [0.3, 0.4) is 0 Å². The van der Waals surface area contributed by atoms with Crippen molar-refractivity contribution in [2.75, 3.05) is 0 Å². The second kappa shape index (κ2) is 37.8. The lowest BCUT2D eigenvalue weighted by Gasteiger charge is -1.36. The molecular formula is H2FNO2. The van der Waals surface area contributed by atoms with E-state index >= 15 is 0 Å². The van der Waals surface area contributed by atoms with Crippen molar-refractivity contribution in [1.29, 1.82) is 0 Å². The molecule has 0 aliphatic rings. The molecule has 0 aromatic rings. The van der Waals surface area contributed by atoms with E-state index in [1.54, 1.807) is 0 Å². The smallest absolute Gasteiger partial charge is 0.00366 e. The quantitative estimate of drug-likeness (QED) is 0.276. The molecule has 0 rings (SSSR count). The summed E-state index contributed by atoms with van der Waals surface area (Å²) in [5.74, 6) is 0. The minimum Gasteiger partial charge on any atom is -0.269 e. The van der Waals surface area contributed by atoms with Gasteiger partial charge in [-0.3, -0.25) is 14.8 Å². The standard InChI is InChI=1S/FH.HNO2/c;2-1-3/h1H;1H. The third-order valence-electron chi connectivity index (χ3n) is 0. The van der Waals surface area contributed by atoms with E-state index in [1.165, 1.54) is 0 Å². The summed E-state index contributed by atoms with van der Waals surface area (Å²) in [5.41, 5.74) is 0. The number of rotatable bonds is 0. The van der Waals surface area contributed by atoms with Crippen molar-refractivity contribution >= 4 is 0 Å². The van der Waals surface area contributed by atoms with E-state index in [0.29, 0.717) is 0 Å². The summed E-state index contributed by atoms with van der Waals surface area (Å²) in [7, 11) is 0. The summed E-state index contributed by atoms with van der Waals surface area (Å²) < 4.78 is 0. The number of nitrogens with one attached hydrogen (secondary N) is 1. The lowest BCUT2D eigenvalue weighted by Crippen LogP contribution is -2.53. The first-order valence-corrected chi connectivity index (χ1v) is 0.408. The van der Waals surface area contributed by atoms with Crippen molar-refractivity contribution in [1.82, 2.24) is 0 Å². The van der Waals surface area contributed by atoms with Crippen LogP contribution in [-0.4, -0.2) is 0 Å². The Balaban J connectivity index is 0. The topological polar surface area (TPSA) is 54.1 Å². The molecule has 26 valence electrons. The first-order valence-electron chi connectivity index (χ1n) is 0.408. The van der Waals surface area contributed by atoms with Crippen molar-refractivity contribution in [3.05, 3.63) is 10.1 Å². The largest absolute Gasteiger partial charge is 0.269 e. The van der Waals surface area contributed by atoms with Crippen LogP contribution >= 0.6 is 0 Å². The van der Waals surface area contributed by atoms with E-state index in [-0.39, 0.29) is 10.0 Å². The molecule has 0 unspecified atom stereocenters. The first-order chi connectivity index (χ1) is 1.41. The summed E-state index contributed by atoms with van der Waals surface area (Å²) in [6, 6.07) is 0. The van der Waals surface area contributed by atoms with Gasteiger partial charge in [0, 0.05) is 5.34 Å². The van der Waals surface area contributed by atoms with Crippen LogP contribution in [0.15, 0.2) is 0 Å². The maximum atomic E-state index is 8.12. The Kier molecular flexibility index (Phi) is 96.7. The van der Waals surface area contributed by atoms with Gasteiger partial charge < -0.3 is 0 Å². The number of halogens is 1. The van der Waals surface area contributed by atoms with Gasteiger partial charge in [-0.25, -0.2) is 0 Å². The van der Waals surface area contributed by atoms with Crippen molar-refractivity contribution in [3.63, 3.8) is 0 Å². The Hall–Kier alpha value is -0.670. The monoisotopic (exact) mass is 67.0 g/mol. The molecule has 0 aliphatic carbocycles. The van der Waals surface area contributed by atoms with Crippen LogP contribution in [0.5, 0.6) is 0 Å². The van der Waals surface area contributed by atoms with Gasteiger partial charge in [0.2, 0.25) is 0 Å². The molecule has 0 saturated heterocycles. The Morgan fingerprint density at radius 1 is 1.75 bits per heavy atom. The molecular weight excluding hydrogens is 65.0 g/mol. The van der Waals surface area contributed by atoms with E-state index in [0.717, 1.165) is 0 Å². The highest BCUT2D eigenvalue weighted by Gasteiger charge is 1.10. The minimum atomic E-state index is 0. The summed E-state index contributed by atoms with van der Waals surface area (Å²) in [6.07, 6.45) is 0. The Morgan fingerprint density at radius 2 is 1.75 bits per heavy atom. The zero-order chi connectivity index (χ0) is 2.71. The first kappa shape index (κ1) is 10.2. The fourth-order valence-corrected chi connectivity index (χ4v) is 0. The molecule has 0 saturated carbocycles. The molecule has 4 heteroatoms. The normalized spacial score (nSPS) is 3.00. The molecule has 0 fully saturated rings. The van der Waals surface area contributed by atoms with Crippen LogP contribution in [0.2, 0.25) is 0 Å². The third kappa shape index (κ3) is 0.323. The second-order valence-corrected chi connectivity index (χ2v) is 0.0833. The van der Waals surface area contributed by atoms with Crippen molar-refractivity contribution in [2.45, 2.75) is 0 Å². The van der Waals surface area contributed by atoms with Crippen molar-refractivity contribution in [3.8, 4) is 0 Å². The number of hydrogen-bond donors (Lipinski definition) is 1. The highest BCUT2D eigenvalue weighted by atomic mass is 19.0. The summed E-state index contributed by atoms with van der Waals surface area (Å²) in [4.78, 5) is 8.12. The molecule has 0 aromatic heterocycles. The Labute approximate surface area is 21.5 Å². The summed E-state index contributed by atoms with van der Waals surface area (Å²) >= 11 is 0. The van der Waals surface area contributed by atoms with E-state index < -0.39 is 0 Å². The molecule has 0 amide bonds. The van der Waals surface area contributed by atoms with Gasteiger partial charge in [-0.1, -0.05) is 0 Å². The van der Waals surface area contributed by atoms with Gasteiger partial charge in [-0.15, -0.1) is 0 Å². The van der Waals surface area contributed by atoms with Crippen LogP contribution in [0, 0.1) is 10.1 Å². The minimum absolute atomic E-state index is 0. The van der Waals surface area contributed by atoms with Crippen LogP contribution in [0.1, 0.15) is 0 Å². The molecule has 0 aromatic carbocycles. The SMILES string of the molecule is F.O=[NH+][O-]. The van der Waals surface area contributed by atoms with E-state index in [1.807, 2.05) is 0 Å². The highest BCUT2D eigenvalue weighted by molar-refractivity contribution is 3.77. The summed E-state index contributed by atoms with van der Waals surface area (Å²) in [5, 5.41) is 8.38. The van der Waals surface area contributed by atoms with E-state index in [9.17, 15) is 0 Å². The second-order valence-electron chi connectivity index (χ2n) is 0.0833. The lowest BCUT2D eigenvalue weighted by molar-refractivity contribution is -0.398. The molecule has 0 radical (unpaired) electrons. The van der Waals surface area contributed by atoms with Gasteiger partial charge in [0.15, 0.2) is 0 Å². The fraction of sp³-hybridized carbons (Fsp3) is 0. The zero-order valence-corrected chi connectivity index (χ0v) is 1.72. The third-order valence-corrected chi connectivity index (χ3v) is 0. The molecule has 0 aliphatic heterocycles. The van der Waals surface area contributed by atoms with Crippen LogP contribution in [-0.2, 0) is 0 Å². The molecule has 0 spiro atoms. The van der Waals surface area contributed by atoms with Crippen molar-refractivity contribution in [2.24, 2.45) is 0 Å². The van der Waals surface area contributed by atoms with Gasteiger partial charge in [0.05, 0.1) is 0 Å². The van der Waals surface area contributed by atoms with Gasteiger partial charge in [-0.05, 0) is 0 Å². The average Bonchev–Trinajstić information content (AvgIpc) is 0.918. The Morgan fingerprint density at radius 3 is 1.75 bits per heavy atom.